The maximum atomic E-state index is 13.4. The highest BCUT2D eigenvalue weighted by atomic mass is 32.2. The molecule has 0 heterocycles. The molecule has 1 aromatic rings. The van der Waals surface area contributed by atoms with Gasteiger partial charge >= 0.3 is 5.97 Å². The molecule has 0 aliphatic carbocycles. The number of hydrogen-bond donors (Lipinski definition) is 1. The van der Waals surface area contributed by atoms with Gasteiger partial charge in [0.15, 0.2) is 5.25 Å². The van der Waals surface area contributed by atoms with Gasteiger partial charge in [-0.2, -0.15) is 4.31 Å². The van der Waals surface area contributed by atoms with E-state index in [0.717, 1.165) is 30.4 Å². The number of carboxylic acids is 1. The molecule has 0 radical (unpaired) electrons. The van der Waals surface area contributed by atoms with Crippen LogP contribution in [0, 0.1) is 11.6 Å². The van der Waals surface area contributed by atoms with Crippen LogP contribution < -0.4 is 0 Å². The molecule has 1 rings (SSSR count). The number of carboxylic acid groups (broad SMARTS) is 1. The summed E-state index contributed by atoms with van der Waals surface area (Å²) in [5.41, 5.74) is -0.0370. The summed E-state index contributed by atoms with van der Waals surface area (Å²) in [4.78, 5) is 10.7. The van der Waals surface area contributed by atoms with E-state index in [4.69, 9.17) is 5.11 Å². The molecule has 0 aliphatic heterocycles. The molecular formula is C11H13F2NO4S. The van der Waals surface area contributed by atoms with E-state index in [1.807, 2.05) is 0 Å². The highest BCUT2D eigenvalue weighted by molar-refractivity contribution is 7.90. The Morgan fingerprint density at radius 1 is 1.42 bits per heavy atom. The van der Waals surface area contributed by atoms with Gasteiger partial charge in [0, 0.05) is 25.2 Å². The molecule has 5 nitrogen and oxygen atoms in total. The number of aliphatic carboxylic acids is 1. The molecular weight excluding hydrogens is 280 g/mol. The summed E-state index contributed by atoms with van der Waals surface area (Å²) in [6.45, 7) is 0.654. The summed E-state index contributed by atoms with van der Waals surface area (Å²) in [5.74, 6) is -3.15. The first kappa shape index (κ1) is 15.5. The van der Waals surface area contributed by atoms with Crippen LogP contribution in [0.15, 0.2) is 18.2 Å². The highest BCUT2D eigenvalue weighted by Crippen LogP contribution is 2.15. The minimum Gasteiger partial charge on any atom is -0.480 e. The van der Waals surface area contributed by atoms with Crippen molar-refractivity contribution in [3.8, 4) is 0 Å². The summed E-state index contributed by atoms with van der Waals surface area (Å²) in [5, 5.41) is 7.06. The maximum absolute atomic E-state index is 13.4. The van der Waals surface area contributed by atoms with Crippen molar-refractivity contribution in [1.82, 2.24) is 4.31 Å². The molecule has 0 aromatic heterocycles. The Labute approximate surface area is 109 Å². The van der Waals surface area contributed by atoms with Crippen molar-refractivity contribution in [2.24, 2.45) is 0 Å². The lowest BCUT2D eigenvalue weighted by Crippen LogP contribution is -2.38. The van der Waals surface area contributed by atoms with Gasteiger partial charge in [-0.1, -0.05) is 6.07 Å². The van der Waals surface area contributed by atoms with Crippen LogP contribution in [-0.2, 0) is 21.4 Å². The molecule has 0 spiro atoms. The normalized spacial score (nSPS) is 13.5. The number of rotatable bonds is 5. The van der Waals surface area contributed by atoms with Gasteiger partial charge in [-0.3, -0.25) is 4.79 Å². The molecule has 0 aliphatic rings. The molecule has 0 fully saturated rings. The molecule has 0 amide bonds. The van der Waals surface area contributed by atoms with E-state index in [0.29, 0.717) is 6.07 Å². The van der Waals surface area contributed by atoms with E-state index in [-0.39, 0.29) is 12.1 Å². The van der Waals surface area contributed by atoms with Crippen molar-refractivity contribution in [3.05, 3.63) is 35.4 Å². The van der Waals surface area contributed by atoms with Gasteiger partial charge in [0.1, 0.15) is 11.6 Å². The molecule has 1 atom stereocenters. The van der Waals surface area contributed by atoms with Crippen LogP contribution in [0.2, 0.25) is 0 Å². The van der Waals surface area contributed by atoms with Gasteiger partial charge in [-0.05, 0) is 13.0 Å². The monoisotopic (exact) mass is 293 g/mol. The zero-order valence-corrected chi connectivity index (χ0v) is 11.1. The van der Waals surface area contributed by atoms with E-state index in [1.165, 1.54) is 0 Å². The summed E-state index contributed by atoms with van der Waals surface area (Å²) >= 11 is 0. The van der Waals surface area contributed by atoms with E-state index in [1.54, 1.807) is 0 Å². The van der Waals surface area contributed by atoms with Crippen LogP contribution in [0.5, 0.6) is 0 Å². The summed E-state index contributed by atoms with van der Waals surface area (Å²) in [6.07, 6.45) is 0. The first-order valence-electron chi connectivity index (χ1n) is 5.28. The quantitative estimate of drug-likeness (QED) is 0.885. The molecule has 0 saturated heterocycles. The van der Waals surface area contributed by atoms with Gasteiger partial charge in [-0.25, -0.2) is 17.2 Å². The Kier molecular flexibility index (Phi) is 4.59. The van der Waals surface area contributed by atoms with Gasteiger partial charge in [-0.15, -0.1) is 0 Å². The number of carbonyl (C=O) groups is 1. The summed E-state index contributed by atoms with van der Waals surface area (Å²) in [6, 6.07) is 2.75. The number of halogens is 2. The average molecular weight is 293 g/mol. The van der Waals surface area contributed by atoms with Crippen molar-refractivity contribution in [3.63, 3.8) is 0 Å². The van der Waals surface area contributed by atoms with Crippen molar-refractivity contribution in [2.45, 2.75) is 18.7 Å². The Morgan fingerprint density at radius 3 is 2.47 bits per heavy atom. The second-order valence-electron chi connectivity index (χ2n) is 4.02. The van der Waals surface area contributed by atoms with Crippen LogP contribution in [0.3, 0.4) is 0 Å². The molecule has 1 aromatic carbocycles. The lowest BCUT2D eigenvalue weighted by atomic mass is 10.2. The Morgan fingerprint density at radius 2 is 2.00 bits per heavy atom. The molecule has 1 N–H and O–H groups in total. The molecule has 1 unspecified atom stereocenters. The Hall–Kier alpha value is -1.54. The third-order valence-electron chi connectivity index (χ3n) is 2.64. The van der Waals surface area contributed by atoms with E-state index in [2.05, 4.69) is 0 Å². The zero-order valence-electron chi connectivity index (χ0n) is 10.3. The SMILES string of the molecule is CC(C(=O)O)S(=O)(=O)N(C)Cc1ccc(F)cc1F. The van der Waals surface area contributed by atoms with Crippen LogP contribution in [0.25, 0.3) is 0 Å². The third kappa shape index (κ3) is 3.48. The van der Waals surface area contributed by atoms with Crippen molar-refractivity contribution >= 4 is 16.0 Å². The fraction of sp³-hybridized carbons (Fsp3) is 0.364. The van der Waals surface area contributed by atoms with Gasteiger partial charge in [0.05, 0.1) is 0 Å². The fourth-order valence-corrected chi connectivity index (χ4v) is 2.49. The predicted molar refractivity (Wildman–Crippen MR) is 63.8 cm³/mol. The highest BCUT2D eigenvalue weighted by Gasteiger charge is 2.31. The van der Waals surface area contributed by atoms with E-state index < -0.39 is 32.9 Å². The van der Waals surface area contributed by atoms with Gasteiger partial charge in [0.2, 0.25) is 10.0 Å². The predicted octanol–water partition coefficient (Wildman–Crippen LogP) is 1.20. The van der Waals surface area contributed by atoms with E-state index >= 15 is 0 Å². The van der Waals surface area contributed by atoms with Crippen LogP contribution >= 0.6 is 0 Å². The molecule has 0 saturated carbocycles. The minimum absolute atomic E-state index is 0.0370. The fourth-order valence-electron chi connectivity index (χ4n) is 1.38. The molecule has 8 heteroatoms. The lowest BCUT2D eigenvalue weighted by molar-refractivity contribution is -0.136. The molecule has 19 heavy (non-hydrogen) atoms. The van der Waals surface area contributed by atoms with Gasteiger partial charge < -0.3 is 5.11 Å². The maximum Gasteiger partial charge on any atom is 0.323 e. The van der Waals surface area contributed by atoms with Gasteiger partial charge in [0.25, 0.3) is 0 Å². The first-order chi connectivity index (χ1) is 8.66. The first-order valence-corrected chi connectivity index (χ1v) is 6.78. The summed E-state index contributed by atoms with van der Waals surface area (Å²) in [7, 11) is -2.95. The summed E-state index contributed by atoms with van der Waals surface area (Å²) < 4.78 is 50.4. The molecule has 0 bridgehead atoms. The smallest absolute Gasteiger partial charge is 0.323 e. The Bertz CT molecular complexity index is 588. The third-order valence-corrected chi connectivity index (χ3v) is 4.73. The molecule has 106 valence electrons. The largest absolute Gasteiger partial charge is 0.480 e. The number of hydrogen-bond acceptors (Lipinski definition) is 3. The average Bonchev–Trinajstić information content (AvgIpc) is 2.31. The minimum atomic E-state index is -4.09. The topological polar surface area (TPSA) is 74.7 Å². The zero-order chi connectivity index (χ0) is 14.8. The number of sulfonamides is 1. The number of benzene rings is 1. The Balaban J connectivity index is 2.96. The van der Waals surface area contributed by atoms with Crippen LogP contribution in [0.1, 0.15) is 12.5 Å². The standard InChI is InChI=1S/C11H13F2NO4S/c1-7(11(15)16)19(17,18)14(2)6-8-3-4-9(12)5-10(8)13/h3-5,7H,6H2,1-2H3,(H,15,16). The van der Waals surface area contributed by atoms with Crippen molar-refractivity contribution < 1.29 is 27.1 Å². The lowest BCUT2D eigenvalue weighted by Gasteiger charge is -2.20. The van der Waals surface area contributed by atoms with Crippen LogP contribution in [0.4, 0.5) is 8.78 Å². The number of nitrogens with zero attached hydrogens (tertiary/aromatic N) is 1. The van der Waals surface area contributed by atoms with Crippen molar-refractivity contribution in [2.75, 3.05) is 7.05 Å². The van der Waals surface area contributed by atoms with Crippen LogP contribution in [-0.4, -0.2) is 36.1 Å². The second-order valence-corrected chi connectivity index (χ2v) is 6.38. The second kappa shape index (κ2) is 5.62. The van der Waals surface area contributed by atoms with Crippen molar-refractivity contribution in [1.29, 1.82) is 0 Å². The van der Waals surface area contributed by atoms with E-state index in [9.17, 15) is 22.0 Å².